The number of hydrogen-bond donors (Lipinski definition) is 1. The van der Waals surface area contributed by atoms with Crippen LogP contribution >= 0.6 is 17.0 Å². The van der Waals surface area contributed by atoms with E-state index in [1.807, 2.05) is 55.5 Å². The first-order valence-electron chi connectivity index (χ1n) is 13.0. The third-order valence-electron chi connectivity index (χ3n) is 6.95. The van der Waals surface area contributed by atoms with E-state index in [1.54, 1.807) is 4.57 Å². The molecule has 3 heterocycles. The van der Waals surface area contributed by atoms with Gasteiger partial charge in [-0.1, -0.05) is 67.0 Å². The van der Waals surface area contributed by atoms with Crippen LogP contribution in [-0.4, -0.2) is 32.4 Å². The lowest BCUT2D eigenvalue weighted by atomic mass is 9.96. The molecule has 200 valence electrons. The number of nitrogens with one attached hydrogen (secondary N) is 1. The average Bonchev–Trinajstić information content (AvgIpc) is 3.36. The van der Waals surface area contributed by atoms with E-state index in [9.17, 15) is 9.59 Å². The zero-order valence-corrected chi connectivity index (χ0v) is 23.4. The second-order valence-electron chi connectivity index (χ2n) is 9.60. The van der Waals surface area contributed by atoms with Crippen molar-refractivity contribution in [3.63, 3.8) is 0 Å². The molecule has 2 aromatic carbocycles. The third kappa shape index (κ3) is 6.05. The van der Waals surface area contributed by atoms with Crippen LogP contribution in [0.25, 0.3) is 22.5 Å². The number of halogens is 1. The van der Waals surface area contributed by atoms with E-state index >= 15 is 0 Å². The third-order valence-corrected chi connectivity index (χ3v) is 6.95. The number of aromatic nitrogens is 4. The van der Waals surface area contributed by atoms with Crippen molar-refractivity contribution in [1.82, 2.24) is 19.7 Å². The Bertz CT molecular complexity index is 1480. The van der Waals surface area contributed by atoms with Crippen molar-refractivity contribution >= 4 is 17.0 Å². The molecule has 1 aliphatic heterocycles. The lowest BCUT2D eigenvalue weighted by Gasteiger charge is -2.24. The number of benzene rings is 2. The van der Waals surface area contributed by atoms with Crippen LogP contribution < -0.4 is 11.3 Å². The number of ether oxygens (including phenoxy) is 1. The summed E-state index contributed by atoms with van der Waals surface area (Å²) >= 11 is 0. The van der Waals surface area contributed by atoms with Gasteiger partial charge in [-0.15, -0.1) is 17.0 Å². The van der Waals surface area contributed by atoms with Gasteiger partial charge < -0.3 is 4.74 Å². The first-order chi connectivity index (χ1) is 18.0. The summed E-state index contributed by atoms with van der Waals surface area (Å²) in [5.74, 6) is 0.557. The predicted octanol–water partition coefficient (Wildman–Crippen LogP) is 5.25. The Morgan fingerprint density at radius 3 is 2.47 bits per heavy atom. The van der Waals surface area contributed by atoms with Gasteiger partial charge in [0, 0.05) is 24.2 Å². The van der Waals surface area contributed by atoms with Crippen LogP contribution in [0.5, 0.6) is 0 Å². The van der Waals surface area contributed by atoms with Gasteiger partial charge in [-0.3, -0.25) is 18.9 Å². The van der Waals surface area contributed by atoms with E-state index < -0.39 is 5.76 Å². The summed E-state index contributed by atoms with van der Waals surface area (Å²) in [7, 11) is 0. The molecule has 4 aromatic rings. The van der Waals surface area contributed by atoms with Crippen LogP contribution in [0.3, 0.4) is 0 Å². The average molecular weight is 582 g/mol. The van der Waals surface area contributed by atoms with Crippen molar-refractivity contribution in [2.75, 3.05) is 6.61 Å². The fourth-order valence-electron chi connectivity index (χ4n) is 5.04. The monoisotopic (exact) mass is 580 g/mol. The zero-order chi connectivity index (χ0) is 25.8. The Kier molecular flexibility index (Phi) is 9.12. The molecule has 0 spiro atoms. The van der Waals surface area contributed by atoms with Crippen LogP contribution in [0.1, 0.15) is 55.3 Å². The molecule has 8 nitrogen and oxygen atoms in total. The van der Waals surface area contributed by atoms with Gasteiger partial charge in [-0.25, -0.2) is 9.78 Å². The first kappa shape index (κ1) is 27.7. The number of hydrogen-bond acceptors (Lipinski definition) is 6. The molecule has 0 amide bonds. The summed E-state index contributed by atoms with van der Waals surface area (Å²) < 4.78 is 12.4. The smallest absolute Gasteiger partial charge is 0.376 e. The maximum Gasteiger partial charge on any atom is 0.439 e. The molecule has 0 saturated carbocycles. The van der Waals surface area contributed by atoms with Crippen molar-refractivity contribution < 1.29 is 9.26 Å². The van der Waals surface area contributed by atoms with Gasteiger partial charge in [0.2, 0.25) is 0 Å². The molecule has 0 radical (unpaired) electrons. The second-order valence-corrected chi connectivity index (χ2v) is 9.60. The van der Waals surface area contributed by atoms with E-state index in [1.165, 1.54) is 0 Å². The number of aromatic amines is 1. The molecule has 1 unspecified atom stereocenters. The Balaban J connectivity index is 0.00000336. The second kappa shape index (κ2) is 12.5. The molecule has 5 rings (SSSR count). The van der Waals surface area contributed by atoms with Gasteiger partial charge in [-0.2, -0.15) is 0 Å². The number of nitrogens with zero attached hydrogens (tertiary/aromatic N) is 3. The zero-order valence-electron chi connectivity index (χ0n) is 21.7. The Hall–Kier alpha value is -3.30. The first-order valence-corrected chi connectivity index (χ1v) is 13.0. The van der Waals surface area contributed by atoms with Crippen LogP contribution in [0.4, 0.5) is 0 Å². The Morgan fingerprint density at radius 2 is 1.82 bits per heavy atom. The van der Waals surface area contributed by atoms with Gasteiger partial charge >= 0.3 is 5.76 Å². The fraction of sp³-hybridized carbons (Fsp3) is 0.379. The molecule has 1 saturated heterocycles. The standard InChI is InChI=1S/C29H32N4O4.BrH/c1-3-8-26-25(28(34)33(19(2)30-26)18-22-9-6-7-16-36-22)17-20-12-14-21(15-13-20)23-10-4-5-11-24(23)27-31-29(35)37-32-27;/h4-5,10-15,22H,3,6-9,16-18H2,1-2H3,(H,31,32,35);1H. The summed E-state index contributed by atoms with van der Waals surface area (Å²) in [5.41, 5.74) is 5.41. The molecule has 1 fully saturated rings. The highest BCUT2D eigenvalue weighted by atomic mass is 79.9. The van der Waals surface area contributed by atoms with Gasteiger partial charge in [0.05, 0.1) is 18.3 Å². The van der Waals surface area contributed by atoms with Gasteiger partial charge in [0.15, 0.2) is 5.82 Å². The minimum absolute atomic E-state index is 0. The number of H-pyrrole nitrogens is 1. The maximum absolute atomic E-state index is 13.7. The molecule has 1 N–H and O–H groups in total. The SMILES string of the molecule is Br.CCCc1nc(C)n(CC2CCCCO2)c(=O)c1Cc1ccc(-c2ccccc2-c2noc(=O)[nH]2)cc1. The van der Waals surface area contributed by atoms with Gasteiger partial charge in [0.25, 0.3) is 5.56 Å². The molecule has 0 aliphatic carbocycles. The molecule has 2 aromatic heterocycles. The Morgan fingerprint density at radius 1 is 1.05 bits per heavy atom. The summed E-state index contributed by atoms with van der Waals surface area (Å²) in [6, 6.07) is 15.9. The molecule has 1 aliphatic rings. The van der Waals surface area contributed by atoms with Crippen LogP contribution in [0, 0.1) is 6.92 Å². The van der Waals surface area contributed by atoms with Crippen molar-refractivity contribution in [2.45, 2.75) is 65.0 Å². The maximum atomic E-state index is 13.7. The lowest BCUT2D eigenvalue weighted by Crippen LogP contribution is -2.35. The predicted molar refractivity (Wildman–Crippen MR) is 152 cm³/mol. The van der Waals surface area contributed by atoms with Crippen molar-refractivity contribution in [2.24, 2.45) is 0 Å². The van der Waals surface area contributed by atoms with Crippen LogP contribution in [0.15, 0.2) is 62.6 Å². The molecular weight excluding hydrogens is 548 g/mol. The largest absolute Gasteiger partial charge is 0.439 e. The van der Waals surface area contributed by atoms with Crippen molar-refractivity contribution in [3.8, 4) is 22.5 Å². The molecule has 38 heavy (non-hydrogen) atoms. The van der Waals surface area contributed by atoms with E-state index in [4.69, 9.17) is 14.2 Å². The molecular formula is C29H33BrN4O4. The Labute approximate surface area is 231 Å². The highest BCUT2D eigenvalue weighted by Crippen LogP contribution is 2.30. The summed E-state index contributed by atoms with van der Waals surface area (Å²) in [4.78, 5) is 32.6. The van der Waals surface area contributed by atoms with E-state index in [2.05, 4.69) is 17.1 Å². The summed E-state index contributed by atoms with van der Waals surface area (Å²) in [6.45, 7) is 5.34. The summed E-state index contributed by atoms with van der Waals surface area (Å²) in [5, 5.41) is 3.84. The topological polar surface area (TPSA) is 103 Å². The fourth-order valence-corrected chi connectivity index (χ4v) is 5.04. The molecule has 9 heteroatoms. The van der Waals surface area contributed by atoms with Crippen LogP contribution in [-0.2, 0) is 24.1 Å². The number of aryl methyl sites for hydroxylation is 2. The van der Waals surface area contributed by atoms with E-state index in [0.717, 1.165) is 78.0 Å². The normalized spacial score (nSPS) is 15.3. The number of rotatable bonds is 8. The minimum atomic E-state index is -0.588. The lowest BCUT2D eigenvalue weighted by molar-refractivity contribution is 0.00483. The molecule has 1 atom stereocenters. The van der Waals surface area contributed by atoms with Crippen molar-refractivity contribution in [3.05, 3.63) is 92.1 Å². The molecule has 0 bridgehead atoms. The van der Waals surface area contributed by atoms with E-state index in [-0.39, 0.29) is 28.6 Å². The highest BCUT2D eigenvalue weighted by molar-refractivity contribution is 8.93. The van der Waals surface area contributed by atoms with E-state index in [0.29, 0.717) is 18.8 Å². The van der Waals surface area contributed by atoms with Crippen molar-refractivity contribution in [1.29, 1.82) is 0 Å². The highest BCUT2D eigenvalue weighted by Gasteiger charge is 2.20. The van der Waals surface area contributed by atoms with Gasteiger partial charge in [0.1, 0.15) is 5.82 Å². The summed E-state index contributed by atoms with van der Waals surface area (Å²) in [6.07, 6.45) is 5.47. The van der Waals surface area contributed by atoms with Crippen LogP contribution in [0.2, 0.25) is 0 Å². The quantitative estimate of drug-likeness (QED) is 0.305. The van der Waals surface area contributed by atoms with Gasteiger partial charge in [-0.05, 0) is 49.3 Å². The minimum Gasteiger partial charge on any atom is -0.376 e.